The Bertz CT molecular complexity index is 393. The van der Waals surface area contributed by atoms with Crippen LogP contribution >= 0.6 is 0 Å². The predicted molar refractivity (Wildman–Crippen MR) is 64.6 cm³/mol. The number of halogens is 1. The first kappa shape index (κ1) is 13.6. The second-order valence-corrected chi connectivity index (χ2v) is 4.15. The average Bonchev–Trinajstić information content (AvgIpc) is 2.27. The molecule has 3 nitrogen and oxygen atoms in total. The summed E-state index contributed by atoms with van der Waals surface area (Å²) >= 11 is 0. The van der Waals surface area contributed by atoms with Gasteiger partial charge in [-0.3, -0.25) is 4.79 Å². The molecule has 0 unspecified atom stereocenters. The van der Waals surface area contributed by atoms with Gasteiger partial charge in [0, 0.05) is 25.1 Å². The molecule has 0 heterocycles. The van der Waals surface area contributed by atoms with Crippen LogP contribution in [0.2, 0.25) is 0 Å². The average molecular weight is 239 g/mol. The van der Waals surface area contributed by atoms with Crippen molar-refractivity contribution in [3.05, 3.63) is 29.6 Å². The molecule has 1 aromatic rings. The summed E-state index contributed by atoms with van der Waals surface area (Å²) in [5.74, 6) is 0.546. The van der Waals surface area contributed by atoms with Gasteiger partial charge in [-0.1, -0.05) is 0 Å². The van der Waals surface area contributed by atoms with E-state index in [0.717, 1.165) is 5.56 Å². The van der Waals surface area contributed by atoms with Crippen LogP contribution in [0.15, 0.2) is 18.2 Å². The molecule has 0 bridgehead atoms. The summed E-state index contributed by atoms with van der Waals surface area (Å²) in [7, 11) is 3.46. The summed E-state index contributed by atoms with van der Waals surface area (Å²) in [5, 5.41) is 0. The van der Waals surface area contributed by atoms with Crippen molar-refractivity contribution in [1.29, 1.82) is 0 Å². The highest BCUT2D eigenvalue weighted by Crippen LogP contribution is 2.20. The number of hydrogen-bond donors (Lipinski definition) is 0. The number of ketones is 1. The van der Waals surface area contributed by atoms with Crippen molar-refractivity contribution in [1.82, 2.24) is 4.90 Å². The third kappa shape index (κ3) is 4.53. The molecule has 0 aromatic heterocycles. The van der Waals surface area contributed by atoms with Crippen LogP contribution in [-0.2, 0) is 11.3 Å². The number of methoxy groups -OCH3 is 1. The zero-order chi connectivity index (χ0) is 12.8. The van der Waals surface area contributed by atoms with Crippen molar-refractivity contribution in [2.45, 2.75) is 19.9 Å². The van der Waals surface area contributed by atoms with Gasteiger partial charge in [0.25, 0.3) is 0 Å². The van der Waals surface area contributed by atoms with Gasteiger partial charge in [-0.25, -0.2) is 4.39 Å². The third-order valence-electron chi connectivity index (χ3n) is 2.53. The van der Waals surface area contributed by atoms with E-state index in [4.69, 9.17) is 4.74 Å². The summed E-state index contributed by atoms with van der Waals surface area (Å²) in [5.41, 5.74) is 0.790. The number of ether oxygens (including phenoxy) is 1. The number of hydrogen-bond acceptors (Lipinski definition) is 3. The lowest BCUT2D eigenvalue weighted by Gasteiger charge is -2.17. The molecule has 0 saturated carbocycles. The molecule has 0 amide bonds. The minimum atomic E-state index is -0.277. The highest BCUT2D eigenvalue weighted by molar-refractivity contribution is 5.75. The van der Waals surface area contributed by atoms with Crippen LogP contribution < -0.4 is 4.74 Å². The van der Waals surface area contributed by atoms with E-state index in [1.54, 1.807) is 20.1 Å². The molecule has 0 aliphatic rings. The zero-order valence-corrected chi connectivity index (χ0v) is 10.5. The van der Waals surface area contributed by atoms with Gasteiger partial charge in [-0.15, -0.1) is 0 Å². The van der Waals surface area contributed by atoms with Crippen LogP contribution in [0.25, 0.3) is 0 Å². The van der Waals surface area contributed by atoms with Crippen molar-refractivity contribution in [3.63, 3.8) is 0 Å². The van der Waals surface area contributed by atoms with E-state index in [9.17, 15) is 9.18 Å². The fraction of sp³-hybridized carbons (Fsp3) is 0.462. The number of Topliss-reactive ketones (excluding diaryl/α,β-unsaturated/α-hetero) is 1. The predicted octanol–water partition coefficient (Wildman–Crippen LogP) is 2.25. The number of rotatable bonds is 6. The molecule has 0 N–H and O–H groups in total. The molecule has 0 fully saturated rings. The Morgan fingerprint density at radius 2 is 2.18 bits per heavy atom. The minimum absolute atomic E-state index is 0.156. The lowest BCUT2D eigenvalue weighted by atomic mass is 10.1. The molecule has 0 radical (unpaired) electrons. The molecule has 94 valence electrons. The van der Waals surface area contributed by atoms with E-state index in [1.807, 2.05) is 11.9 Å². The Kier molecular flexibility index (Phi) is 5.10. The van der Waals surface area contributed by atoms with Gasteiger partial charge in [0.05, 0.1) is 7.11 Å². The molecular formula is C13H18FNO2. The van der Waals surface area contributed by atoms with Crippen molar-refractivity contribution < 1.29 is 13.9 Å². The largest absolute Gasteiger partial charge is 0.496 e. The van der Waals surface area contributed by atoms with Crippen molar-refractivity contribution in [2.75, 3.05) is 20.7 Å². The van der Waals surface area contributed by atoms with E-state index in [0.29, 0.717) is 25.3 Å². The van der Waals surface area contributed by atoms with Crippen LogP contribution in [0.3, 0.4) is 0 Å². The molecule has 0 saturated heterocycles. The zero-order valence-electron chi connectivity index (χ0n) is 10.5. The Morgan fingerprint density at radius 3 is 2.76 bits per heavy atom. The van der Waals surface area contributed by atoms with E-state index in [1.165, 1.54) is 12.1 Å². The first-order valence-electron chi connectivity index (χ1n) is 5.53. The second kappa shape index (κ2) is 6.35. The number of benzene rings is 1. The van der Waals surface area contributed by atoms with Gasteiger partial charge in [-0.2, -0.15) is 0 Å². The van der Waals surface area contributed by atoms with Gasteiger partial charge < -0.3 is 9.64 Å². The van der Waals surface area contributed by atoms with Gasteiger partial charge in [0.2, 0.25) is 0 Å². The van der Waals surface area contributed by atoms with Crippen LogP contribution in [0, 0.1) is 5.82 Å². The molecule has 1 rings (SSSR count). The number of nitrogens with zero attached hydrogens (tertiary/aromatic N) is 1. The first-order valence-corrected chi connectivity index (χ1v) is 5.53. The van der Waals surface area contributed by atoms with Crippen LogP contribution in [0.1, 0.15) is 18.9 Å². The normalized spacial score (nSPS) is 10.6. The molecule has 17 heavy (non-hydrogen) atoms. The topological polar surface area (TPSA) is 29.5 Å². The Hall–Kier alpha value is -1.42. The quantitative estimate of drug-likeness (QED) is 0.762. The molecular weight excluding hydrogens is 221 g/mol. The lowest BCUT2D eigenvalue weighted by molar-refractivity contribution is -0.117. The summed E-state index contributed by atoms with van der Waals surface area (Å²) in [6, 6.07) is 4.45. The summed E-state index contributed by atoms with van der Waals surface area (Å²) in [6.45, 7) is 2.79. The first-order chi connectivity index (χ1) is 8.02. The van der Waals surface area contributed by atoms with Crippen molar-refractivity contribution >= 4 is 5.78 Å². The van der Waals surface area contributed by atoms with E-state index in [-0.39, 0.29) is 11.6 Å². The third-order valence-corrected chi connectivity index (χ3v) is 2.53. The van der Waals surface area contributed by atoms with Gasteiger partial charge in [0.15, 0.2) is 0 Å². The van der Waals surface area contributed by atoms with Gasteiger partial charge in [-0.05, 0) is 32.2 Å². The summed E-state index contributed by atoms with van der Waals surface area (Å²) in [4.78, 5) is 12.8. The van der Waals surface area contributed by atoms with Crippen LogP contribution in [0.4, 0.5) is 4.39 Å². The molecule has 0 aliphatic heterocycles. The van der Waals surface area contributed by atoms with Crippen molar-refractivity contribution in [3.8, 4) is 5.75 Å². The fourth-order valence-electron chi connectivity index (χ4n) is 1.59. The number of carbonyl (C=O) groups is 1. The smallest absolute Gasteiger partial charge is 0.131 e. The maximum absolute atomic E-state index is 13.1. The van der Waals surface area contributed by atoms with E-state index < -0.39 is 0 Å². The second-order valence-electron chi connectivity index (χ2n) is 4.15. The molecule has 0 aliphatic carbocycles. The SMILES string of the molecule is COc1ccc(F)cc1CN(C)CCC(C)=O. The molecule has 1 aromatic carbocycles. The Labute approximate surface area is 101 Å². The molecule has 0 spiro atoms. The Morgan fingerprint density at radius 1 is 1.47 bits per heavy atom. The lowest BCUT2D eigenvalue weighted by Crippen LogP contribution is -2.21. The maximum atomic E-state index is 13.1. The minimum Gasteiger partial charge on any atom is -0.496 e. The highest BCUT2D eigenvalue weighted by atomic mass is 19.1. The van der Waals surface area contributed by atoms with Crippen LogP contribution in [0.5, 0.6) is 5.75 Å². The van der Waals surface area contributed by atoms with Gasteiger partial charge >= 0.3 is 0 Å². The summed E-state index contributed by atoms with van der Waals surface area (Å²) in [6.07, 6.45) is 0.508. The monoisotopic (exact) mass is 239 g/mol. The summed E-state index contributed by atoms with van der Waals surface area (Å²) < 4.78 is 18.3. The van der Waals surface area contributed by atoms with E-state index >= 15 is 0 Å². The number of carbonyl (C=O) groups excluding carboxylic acids is 1. The standard InChI is InChI=1S/C13H18FNO2/c1-10(16)6-7-15(2)9-11-8-12(14)4-5-13(11)17-3/h4-5,8H,6-7,9H2,1-3H3. The molecule has 4 heteroatoms. The van der Waals surface area contributed by atoms with Crippen molar-refractivity contribution in [2.24, 2.45) is 0 Å². The highest BCUT2D eigenvalue weighted by Gasteiger charge is 2.08. The Balaban J connectivity index is 2.66. The van der Waals surface area contributed by atoms with E-state index in [2.05, 4.69) is 0 Å². The van der Waals surface area contributed by atoms with Gasteiger partial charge in [0.1, 0.15) is 17.3 Å². The molecule has 0 atom stereocenters. The fourth-order valence-corrected chi connectivity index (χ4v) is 1.59. The maximum Gasteiger partial charge on any atom is 0.131 e. The van der Waals surface area contributed by atoms with Crippen LogP contribution in [-0.4, -0.2) is 31.4 Å².